The van der Waals surface area contributed by atoms with Gasteiger partial charge in [-0.05, 0) is 82.3 Å². The van der Waals surface area contributed by atoms with Crippen molar-refractivity contribution in [1.82, 2.24) is 15.1 Å². The second-order valence-corrected chi connectivity index (χ2v) is 8.87. The fraction of sp³-hybridized carbons (Fsp3) is 0.696. The van der Waals surface area contributed by atoms with Crippen molar-refractivity contribution in [3.05, 3.63) is 35.4 Å². The van der Waals surface area contributed by atoms with Crippen LogP contribution in [-0.4, -0.2) is 67.1 Å². The van der Waals surface area contributed by atoms with Gasteiger partial charge < -0.3 is 11.1 Å². The third kappa shape index (κ3) is 4.58. The Labute approximate surface area is 169 Å². The minimum absolute atomic E-state index is 0.161. The molecule has 3 N–H and O–H groups in total. The average Bonchev–Trinajstić information content (AvgIpc) is 3.18. The van der Waals surface area contributed by atoms with Crippen molar-refractivity contribution in [2.45, 2.75) is 57.0 Å². The van der Waals surface area contributed by atoms with E-state index >= 15 is 0 Å². The Hall–Kier alpha value is -1.43. The molecule has 1 aromatic carbocycles. The van der Waals surface area contributed by atoms with E-state index in [1.807, 2.05) is 0 Å². The molecule has 2 fully saturated rings. The molecule has 0 aromatic heterocycles. The van der Waals surface area contributed by atoms with E-state index in [-0.39, 0.29) is 11.8 Å². The minimum Gasteiger partial charge on any atom is -0.356 e. The molecule has 28 heavy (non-hydrogen) atoms. The zero-order valence-corrected chi connectivity index (χ0v) is 17.1. The molecule has 0 radical (unpaired) electrons. The van der Waals surface area contributed by atoms with Crippen LogP contribution < -0.4 is 11.1 Å². The smallest absolute Gasteiger partial charge is 0.224 e. The summed E-state index contributed by atoms with van der Waals surface area (Å²) in [6.07, 6.45) is 7.97. The number of hydrogen-bond acceptors (Lipinski definition) is 4. The van der Waals surface area contributed by atoms with E-state index in [9.17, 15) is 4.79 Å². The molecule has 0 saturated carbocycles. The van der Waals surface area contributed by atoms with Gasteiger partial charge in [-0.2, -0.15) is 0 Å². The summed E-state index contributed by atoms with van der Waals surface area (Å²) in [6.45, 7) is 5.86. The summed E-state index contributed by atoms with van der Waals surface area (Å²) in [7, 11) is 0. The van der Waals surface area contributed by atoms with Crippen LogP contribution >= 0.6 is 0 Å². The predicted molar refractivity (Wildman–Crippen MR) is 113 cm³/mol. The SMILES string of the molecule is NCCCNC(=O)[C@H]1CCCN(C2CCN(C3Cc4ccccc4C3)CC2)C1. The van der Waals surface area contributed by atoms with E-state index in [4.69, 9.17) is 5.73 Å². The van der Waals surface area contributed by atoms with Gasteiger partial charge in [-0.3, -0.25) is 14.6 Å². The maximum atomic E-state index is 12.4. The minimum atomic E-state index is 0.161. The lowest BCUT2D eigenvalue weighted by Crippen LogP contribution is -2.52. The lowest BCUT2D eigenvalue weighted by Gasteiger charge is -2.43. The number of piperidine rings is 2. The molecule has 2 aliphatic heterocycles. The van der Waals surface area contributed by atoms with Crippen LogP contribution in [0.15, 0.2) is 24.3 Å². The second kappa shape index (κ2) is 9.38. The Morgan fingerprint density at radius 1 is 1.00 bits per heavy atom. The molecular formula is C23H36N4O. The van der Waals surface area contributed by atoms with Gasteiger partial charge in [-0.1, -0.05) is 24.3 Å². The van der Waals surface area contributed by atoms with Crippen molar-refractivity contribution in [1.29, 1.82) is 0 Å². The van der Waals surface area contributed by atoms with E-state index in [1.165, 1.54) is 38.8 Å². The zero-order valence-electron chi connectivity index (χ0n) is 17.1. The Bertz CT molecular complexity index is 631. The molecular weight excluding hydrogens is 348 g/mol. The first-order valence-electron chi connectivity index (χ1n) is 11.3. The molecule has 0 spiro atoms. The number of nitrogens with one attached hydrogen (secondary N) is 1. The third-order valence-corrected chi connectivity index (χ3v) is 7.07. The number of nitrogens with two attached hydrogens (primary N) is 1. The van der Waals surface area contributed by atoms with E-state index < -0.39 is 0 Å². The van der Waals surface area contributed by atoms with Crippen LogP contribution in [0.25, 0.3) is 0 Å². The number of amides is 1. The maximum absolute atomic E-state index is 12.4. The molecule has 5 heteroatoms. The van der Waals surface area contributed by atoms with Crippen LogP contribution in [0, 0.1) is 5.92 Å². The van der Waals surface area contributed by atoms with Crippen LogP contribution in [0.1, 0.15) is 43.2 Å². The van der Waals surface area contributed by atoms with Gasteiger partial charge in [-0.25, -0.2) is 0 Å². The summed E-state index contributed by atoms with van der Waals surface area (Å²) in [5.41, 5.74) is 8.63. The monoisotopic (exact) mass is 384 g/mol. The molecule has 1 atom stereocenters. The number of likely N-dealkylation sites (tertiary alicyclic amines) is 2. The van der Waals surface area contributed by atoms with Crippen molar-refractivity contribution < 1.29 is 4.79 Å². The van der Waals surface area contributed by atoms with E-state index in [0.29, 0.717) is 25.2 Å². The first kappa shape index (κ1) is 19.9. The first-order valence-corrected chi connectivity index (χ1v) is 11.3. The van der Waals surface area contributed by atoms with Crippen LogP contribution in [0.3, 0.4) is 0 Å². The fourth-order valence-electron chi connectivity index (χ4n) is 5.42. The molecule has 0 bridgehead atoms. The summed E-state index contributed by atoms with van der Waals surface area (Å²) >= 11 is 0. The Morgan fingerprint density at radius 3 is 2.39 bits per heavy atom. The molecule has 2 heterocycles. The maximum Gasteiger partial charge on any atom is 0.224 e. The zero-order chi connectivity index (χ0) is 19.3. The van der Waals surface area contributed by atoms with Crippen molar-refractivity contribution in [2.75, 3.05) is 39.3 Å². The van der Waals surface area contributed by atoms with Crippen LogP contribution in [0.5, 0.6) is 0 Å². The molecule has 4 rings (SSSR count). The Morgan fingerprint density at radius 2 is 1.71 bits per heavy atom. The van der Waals surface area contributed by atoms with Crippen molar-refractivity contribution in [2.24, 2.45) is 11.7 Å². The number of carbonyl (C=O) groups excluding carboxylic acids is 1. The lowest BCUT2D eigenvalue weighted by molar-refractivity contribution is -0.127. The van der Waals surface area contributed by atoms with Crippen LogP contribution in [-0.2, 0) is 17.6 Å². The summed E-state index contributed by atoms with van der Waals surface area (Å²) in [5, 5.41) is 3.08. The van der Waals surface area contributed by atoms with Crippen LogP contribution in [0.2, 0.25) is 0 Å². The molecule has 3 aliphatic rings. The van der Waals surface area contributed by atoms with Gasteiger partial charge in [0, 0.05) is 25.2 Å². The highest BCUT2D eigenvalue weighted by Crippen LogP contribution is 2.29. The van der Waals surface area contributed by atoms with Gasteiger partial charge in [0.05, 0.1) is 5.92 Å². The number of nitrogens with zero attached hydrogens (tertiary/aromatic N) is 2. The fourth-order valence-corrected chi connectivity index (χ4v) is 5.42. The topological polar surface area (TPSA) is 61.6 Å². The standard InChI is InChI=1S/C23H36N4O/c24-10-4-11-25-23(28)20-7-3-12-27(17-20)21-8-13-26(14-9-21)22-15-18-5-1-2-6-19(18)16-22/h1-2,5-6,20-22H,3-4,7-17,24H2,(H,25,28)/t20-/m0/s1. The molecule has 1 amide bonds. The first-order chi connectivity index (χ1) is 13.7. The van der Waals surface area contributed by atoms with Crippen molar-refractivity contribution >= 4 is 5.91 Å². The second-order valence-electron chi connectivity index (χ2n) is 8.87. The Balaban J connectivity index is 1.24. The van der Waals surface area contributed by atoms with Crippen LogP contribution in [0.4, 0.5) is 0 Å². The Kier molecular flexibility index (Phi) is 6.65. The van der Waals surface area contributed by atoms with E-state index in [0.717, 1.165) is 32.4 Å². The lowest BCUT2D eigenvalue weighted by atomic mass is 9.92. The normalized spacial score (nSPS) is 25.0. The summed E-state index contributed by atoms with van der Waals surface area (Å²) in [6, 6.07) is 10.3. The quantitative estimate of drug-likeness (QED) is 0.734. The molecule has 0 unspecified atom stereocenters. The number of hydrogen-bond donors (Lipinski definition) is 2. The summed E-state index contributed by atoms with van der Waals surface area (Å²) < 4.78 is 0. The van der Waals surface area contributed by atoms with Crippen molar-refractivity contribution in [3.63, 3.8) is 0 Å². The molecule has 1 aromatic rings. The largest absolute Gasteiger partial charge is 0.356 e. The average molecular weight is 385 g/mol. The van der Waals surface area contributed by atoms with Gasteiger partial charge >= 0.3 is 0 Å². The molecule has 5 nitrogen and oxygen atoms in total. The highest BCUT2D eigenvalue weighted by molar-refractivity contribution is 5.78. The van der Waals surface area contributed by atoms with Gasteiger partial charge in [0.25, 0.3) is 0 Å². The highest BCUT2D eigenvalue weighted by Gasteiger charge is 2.34. The van der Waals surface area contributed by atoms with Gasteiger partial charge in [0.1, 0.15) is 0 Å². The van der Waals surface area contributed by atoms with E-state index in [2.05, 4.69) is 39.4 Å². The van der Waals surface area contributed by atoms with E-state index in [1.54, 1.807) is 11.1 Å². The molecule has 1 aliphatic carbocycles. The van der Waals surface area contributed by atoms with Gasteiger partial charge in [0.15, 0.2) is 0 Å². The number of rotatable bonds is 6. The molecule has 2 saturated heterocycles. The molecule has 154 valence electrons. The number of fused-ring (bicyclic) bond motifs is 1. The summed E-state index contributed by atoms with van der Waals surface area (Å²) in [4.78, 5) is 17.8. The summed E-state index contributed by atoms with van der Waals surface area (Å²) in [5.74, 6) is 0.396. The van der Waals surface area contributed by atoms with Gasteiger partial charge in [-0.15, -0.1) is 0 Å². The number of benzene rings is 1. The van der Waals surface area contributed by atoms with Gasteiger partial charge in [0.2, 0.25) is 5.91 Å². The third-order valence-electron chi connectivity index (χ3n) is 7.07. The predicted octanol–water partition coefficient (Wildman–Crippen LogP) is 1.80. The number of carbonyl (C=O) groups is 1. The highest BCUT2D eigenvalue weighted by atomic mass is 16.1. The van der Waals surface area contributed by atoms with Crippen molar-refractivity contribution in [3.8, 4) is 0 Å².